The summed E-state index contributed by atoms with van der Waals surface area (Å²) in [4.78, 5) is 2.02. The minimum atomic E-state index is 0.621. The number of hydrogen-bond donors (Lipinski definition) is 1. The number of nitrogens with zero attached hydrogens (tertiary/aromatic N) is 1. The first kappa shape index (κ1) is 13.5. The molecule has 0 aliphatic carbocycles. The van der Waals surface area contributed by atoms with Gasteiger partial charge in [-0.25, -0.2) is 0 Å². The van der Waals surface area contributed by atoms with Gasteiger partial charge in [0.05, 0.1) is 18.7 Å². The summed E-state index contributed by atoms with van der Waals surface area (Å²) in [7, 11) is 3.66. The molecule has 2 nitrogen and oxygen atoms in total. The molecule has 0 unspecified atom stereocenters. The van der Waals surface area contributed by atoms with Gasteiger partial charge in [-0.2, -0.15) is 12.6 Å². The van der Waals surface area contributed by atoms with Gasteiger partial charge in [0.2, 0.25) is 0 Å². The van der Waals surface area contributed by atoms with Crippen molar-refractivity contribution in [3.63, 3.8) is 0 Å². The van der Waals surface area contributed by atoms with Crippen LogP contribution in [0.5, 0.6) is 5.75 Å². The minimum Gasteiger partial charge on any atom is -0.494 e. The molecule has 0 saturated carbocycles. The van der Waals surface area contributed by atoms with Crippen LogP contribution in [0.15, 0.2) is 0 Å². The lowest BCUT2D eigenvalue weighted by Crippen LogP contribution is -2.17. The molecule has 0 spiro atoms. The maximum Gasteiger partial charge on any atom is 0.145 e. The molecule has 90 valence electrons. The summed E-state index contributed by atoms with van der Waals surface area (Å²) < 4.78 is 5.48. The summed E-state index contributed by atoms with van der Waals surface area (Å²) in [6.07, 6.45) is 0. The average Bonchev–Trinajstić information content (AvgIpc) is 2.29. The molecule has 0 fully saturated rings. The Morgan fingerprint density at radius 3 is 2.19 bits per heavy atom. The van der Waals surface area contributed by atoms with E-state index in [9.17, 15) is 0 Å². The van der Waals surface area contributed by atoms with Crippen LogP contribution < -0.4 is 9.64 Å². The van der Waals surface area contributed by atoms with Crippen molar-refractivity contribution in [1.29, 1.82) is 0 Å². The monoisotopic (exact) mass is 259 g/mol. The van der Waals surface area contributed by atoms with E-state index in [1.165, 1.54) is 0 Å². The molecule has 1 aromatic carbocycles. The predicted molar refractivity (Wildman–Crippen MR) is 74.5 cm³/mol. The molecule has 0 saturated heterocycles. The molecule has 0 aliphatic heterocycles. The molecule has 4 heteroatoms. The fourth-order valence-corrected chi connectivity index (χ4v) is 2.22. The van der Waals surface area contributed by atoms with E-state index >= 15 is 0 Å². The largest absolute Gasteiger partial charge is 0.494 e. The molecule has 0 aromatic heterocycles. The summed E-state index contributed by atoms with van der Waals surface area (Å²) >= 11 is 10.6. The van der Waals surface area contributed by atoms with Gasteiger partial charge in [0.1, 0.15) is 5.75 Å². The van der Waals surface area contributed by atoms with Gasteiger partial charge in [-0.05, 0) is 37.5 Å². The van der Waals surface area contributed by atoms with Crippen LogP contribution in [0.2, 0.25) is 5.02 Å². The maximum atomic E-state index is 6.31. The van der Waals surface area contributed by atoms with E-state index in [2.05, 4.69) is 12.6 Å². The molecule has 0 amide bonds. The second-order valence-electron chi connectivity index (χ2n) is 3.91. The first-order valence-electron chi connectivity index (χ1n) is 5.10. The molecule has 1 rings (SSSR count). The summed E-state index contributed by atoms with van der Waals surface area (Å²) in [6.45, 7) is 6.04. The number of halogens is 1. The first-order chi connectivity index (χ1) is 7.45. The smallest absolute Gasteiger partial charge is 0.145 e. The van der Waals surface area contributed by atoms with Crippen LogP contribution in [0.4, 0.5) is 5.69 Å². The van der Waals surface area contributed by atoms with E-state index in [1.807, 2.05) is 32.7 Å². The minimum absolute atomic E-state index is 0.621. The second-order valence-corrected chi connectivity index (χ2v) is 4.57. The molecule has 16 heavy (non-hydrogen) atoms. The quantitative estimate of drug-likeness (QED) is 0.658. The Balaban J connectivity index is 3.57. The topological polar surface area (TPSA) is 12.5 Å². The number of ether oxygens (including phenoxy) is 1. The number of benzene rings is 1. The van der Waals surface area contributed by atoms with Crippen molar-refractivity contribution in [2.45, 2.75) is 20.8 Å². The lowest BCUT2D eigenvalue weighted by Gasteiger charge is -2.25. The van der Waals surface area contributed by atoms with Crippen LogP contribution in [-0.4, -0.2) is 20.0 Å². The number of methoxy groups -OCH3 is 1. The Kier molecular flexibility index (Phi) is 4.39. The number of thiol groups is 1. The zero-order valence-electron chi connectivity index (χ0n) is 10.4. The SMILES string of the molecule is COc1c(C)c(C)c(Cl)c(C)c1N(C)CS. The molecule has 0 N–H and O–H groups in total. The van der Waals surface area contributed by atoms with Gasteiger partial charge in [0.15, 0.2) is 0 Å². The van der Waals surface area contributed by atoms with Gasteiger partial charge >= 0.3 is 0 Å². The van der Waals surface area contributed by atoms with Crippen molar-refractivity contribution < 1.29 is 4.74 Å². The Morgan fingerprint density at radius 2 is 1.75 bits per heavy atom. The third-order valence-electron chi connectivity index (χ3n) is 2.93. The van der Waals surface area contributed by atoms with E-state index in [0.29, 0.717) is 5.88 Å². The summed E-state index contributed by atoms with van der Waals surface area (Å²) in [5.41, 5.74) is 4.22. The Labute approximate surface area is 108 Å². The third kappa shape index (κ3) is 2.11. The predicted octanol–water partition coefficient (Wildman–Crippen LogP) is 3.60. The molecule has 0 atom stereocenters. The van der Waals surface area contributed by atoms with E-state index in [-0.39, 0.29) is 0 Å². The van der Waals surface area contributed by atoms with Crippen molar-refractivity contribution >= 4 is 29.9 Å². The fraction of sp³-hybridized carbons (Fsp3) is 0.500. The van der Waals surface area contributed by atoms with Gasteiger partial charge in [-0.3, -0.25) is 0 Å². The summed E-state index contributed by atoms with van der Waals surface area (Å²) in [5.74, 6) is 1.51. The highest BCUT2D eigenvalue weighted by molar-refractivity contribution is 7.80. The fourth-order valence-electron chi connectivity index (χ4n) is 1.85. The molecule has 0 radical (unpaired) electrons. The van der Waals surface area contributed by atoms with Crippen LogP contribution in [0.25, 0.3) is 0 Å². The van der Waals surface area contributed by atoms with Gasteiger partial charge in [-0.15, -0.1) is 0 Å². The van der Waals surface area contributed by atoms with E-state index in [0.717, 1.165) is 33.1 Å². The lowest BCUT2D eigenvalue weighted by atomic mass is 10.0. The normalized spacial score (nSPS) is 10.4. The maximum absolute atomic E-state index is 6.31. The van der Waals surface area contributed by atoms with E-state index in [1.54, 1.807) is 7.11 Å². The van der Waals surface area contributed by atoms with Crippen LogP contribution in [0.3, 0.4) is 0 Å². The number of rotatable bonds is 3. The van der Waals surface area contributed by atoms with Crippen molar-refractivity contribution in [1.82, 2.24) is 0 Å². The molecule has 1 aromatic rings. The molecular weight excluding hydrogens is 242 g/mol. The van der Waals surface area contributed by atoms with Gasteiger partial charge in [0.25, 0.3) is 0 Å². The number of anilines is 1. The molecular formula is C12H18ClNOS. The number of hydrogen-bond acceptors (Lipinski definition) is 3. The van der Waals surface area contributed by atoms with E-state index in [4.69, 9.17) is 16.3 Å². The van der Waals surface area contributed by atoms with Crippen LogP contribution in [-0.2, 0) is 0 Å². The highest BCUT2D eigenvalue weighted by Gasteiger charge is 2.19. The summed E-state index contributed by atoms with van der Waals surface area (Å²) in [5, 5.41) is 0.807. The van der Waals surface area contributed by atoms with Crippen LogP contribution >= 0.6 is 24.2 Å². The molecule has 0 aliphatic rings. The van der Waals surface area contributed by atoms with Gasteiger partial charge < -0.3 is 9.64 Å². The van der Waals surface area contributed by atoms with Crippen LogP contribution in [0, 0.1) is 20.8 Å². The van der Waals surface area contributed by atoms with Crippen molar-refractivity contribution in [2.24, 2.45) is 0 Å². The van der Waals surface area contributed by atoms with Crippen molar-refractivity contribution in [3.8, 4) is 5.75 Å². The van der Waals surface area contributed by atoms with E-state index < -0.39 is 0 Å². The standard InChI is InChI=1S/C12H18ClNOS/c1-7-8(2)12(15-5)11(14(4)6-16)9(3)10(7)13/h16H,6H2,1-5H3. The Hall–Kier alpha value is -0.540. The third-order valence-corrected chi connectivity index (χ3v) is 3.92. The zero-order chi connectivity index (χ0) is 12.5. The van der Waals surface area contributed by atoms with Gasteiger partial charge in [-0.1, -0.05) is 11.6 Å². The van der Waals surface area contributed by atoms with Crippen molar-refractivity contribution in [3.05, 3.63) is 21.7 Å². The Bertz CT molecular complexity index is 407. The average molecular weight is 260 g/mol. The first-order valence-corrected chi connectivity index (χ1v) is 6.12. The summed E-state index contributed by atoms with van der Waals surface area (Å²) in [6, 6.07) is 0. The lowest BCUT2D eigenvalue weighted by molar-refractivity contribution is 0.411. The van der Waals surface area contributed by atoms with Crippen LogP contribution in [0.1, 0.15) is 16.7 Å². The van der Waals surface area contributed by atoms with Crippen molar-refractivity contribution in [2.75, 3.05) is 24.9 Å². The highest BCUT2D eigenvalue weighted by atomic mass is 35.5. The highest BCUT2D eigenvalue weighted by Crippen LogP contribution is 2.41. The zero-order valence-corrected chi connectivity index (χ0v) is 12.0. The van der Waals surface area contributed by atoms with Gasteiger partial charge in [0, 0.05) is 12.1 Å². The molecule has 0 bridgehead atoms. The molecule has 0 heterocycles. The second kappa shape index (κ2) is 5.19. The Morgan fingerprint density at radius 1 is 1.19 bits per heavy atom.